The molecule has 25 heavy (non-hydrogen) atoms. The van der Waals surface area contributed by atoms with E-state index < -0.39 is 0 Å². The lowest BCUT2D eigenvalue weighted by Gasteiger charge is -2.04. The third-order valence-electron chi connectivity index (χ3n) is 3.92. The first kappa shape index (κ1) is 15.5. The van der Waals surface area contributed by atoms with Gasteiger partial charge in [0.15, 0.2) is 5.78 Å². The highest BCUT2D eigenvalue weighted by Crippen LogP contribution is 2.30. The van der Waals surface area contributed by atoms with Crippen molar-refractivity contribution in [2.45, 2.75) is 0 Å². The number of Topliss-reactive ketones (excluding diaryl/α,β-unsaturated/α-hetero) is 1. The molecular formula is C22H15NOS. The molecular weight excluding hydrogens is 326 g/mol. The van der Waals surface area contributed by atoms with E-state index in [1.165, 1.54) is 0 Å². The van der Waals surface area contributed by atoms with Crippen LogP contribution < -0.4 is 0 Å². The predicted molar refractivity (Wildman–Crippen MR) is 105 cm³/mol. The third kappa shape index (κ3) is 3.28. The summed E-state index contributed by atoms with van der Waals surface area (Å²) in [6, 6.07) is 27.2. The van der Waals surface area contributed by atoms with Gasteiger partial charge in [-0.2, -0.15) is 0 Å². The van der Waals surface area contributed by atoms with Gasteiger partial charge in [0, 0.05) is 5.56 Å². The van der Waals surface area contributed by atoms with E-state index in [0.717, 1.165) is 20.8 Å². The van der Waals surface area contributed by atoms with Crippen LogP contribution in [0.5, 0.6) is 0 Å². The van der Waals surface area contributed by atoms with Gasteiger partial charge in [0.1, 0.15) is 5.01 Å². The number of hydrogen-bond donors (Lipinski definition) is 0. The normalized spacial score (nSPS) is 11.6. The first-order valence-electron chi connectivity index (χ1n) is 8.04. The van der Waals surface area contributed by atoms with Crippen molar-refractivity contribution in [2.75, 3.05) is 0 Å². The van der Waals surface area contributed by atoms with Crippen molar-refractivity contribution in [3.63, 3.8) is 0 Å². The monoisotopic (exact) mass is 341 g/mol. The summed E-state index contributed by atoms with van der Waals surface area (Å²) in [6.45, 7) is 0. The summed E-state index contributed by atoms with van der Waals surface area (Å²) in [6.07, 6.45) is 1.92. The number of allylic oxidation sites excluding steroid dienone is 1. The van der Waals surface area contributed by atoms with E-state index >= 15 is 0 Å². The molecule has 0 aliphatic heterocycles. The first-order valence-corrected chi connectivity index (χ1v) is 8.85. The van der Waals surface area contributed by atoms with Crippen molar-refractivity contribution in [1.82, 2.24) is 4.98 Å². The Morgan fingerprint density at radius 3 is 2.16 bits per heavy atom. The second kappa shape index (κ2) is 6.83. The molecule has 0 radical (unpaired) electrons. The molecule has 0 fully saturated rings. The maximum absolute atomic E-state index is 13.1. The molecule has 2 nitrogen and oxygen atoms in total. The zero-order valence-electron chi connectivity index (χ0n) is 13.4. The molecule has 3 aromatic carbocycles. The molecule has 0 spiro atoms. The molecule has 0 saturated heterocycles. The van der Waals surface area contributed by atoms with Crippen molar-refractivity contribution in [2.24, 2.45) is 0 Å². The van der Waals surface area contributed by atoms with Gasteiger partial charge in [-0.05, 0) is 23.8 Å². The molecule has 1 aromatic heterocycles. The Balaban J connectivity index is 1.86. The van der Waals surface area contributed by atoms with Gasteiger partial charge >= 0.3 is 0 Å². The lowest BCUT2D eigenvalue weighted by molar-refractivity contribution is 0.105. The highest BCUT2D eigenvalue weighted by atomic mass is 32.1. The van der Waals surface area contributed by atoms with Crippen LogP contribution in [0.15, 0.2) is 84.9 Å². The molecule has 0 saturated carbocycles. The Kier molecular flexibility index (Phi) is 4.23. The summed E-state index contributed by atoms with van der Waals surface area (Å²) < 4.78 is 1.08. The molecule has 120 valence electrons. The lowest BCUT2D eigenvalue weighted by atomic mass is 10.0. The highest BCUT2D eigenvalue weighted by molar-refractivity contribution is 7.20. The molecule has 0 aliphatic rings. The molecule has 0 atom stereocenters. The average Bonchev–Trinajstić information content (AvgIpc) is 3.11. The Morgan fingerprint density at radius 2 is 1.44 bits per heavy atom. The molecule has 4 rings (SSSR count). The number of benzene rings is 3. The van der Waals surface area contributed by atoms with Gasteiger partial charge in [0.05, 0.1) is 15.8 Å². The van der Waals surface area contributed by atoms with Gasteiger partial charge < -0.3 is 0 Å². The van der Waals surface area contributed by atoms with E-state index in [9.17, 15) is 4.79 Å². The molecule has 0 aliphatic carbocycles. The molecule has 0 unspecified atom stereocenters. The second-order valence-corrected chi connectivity index (χ2v) is 6.68. The number of carbonyl (C=O) groups excluding carboxylic acids is 1. The minimum Gasteiger partial charge on any atom is -0.288 e. The SMILES string of the molecule is O=C(/C(=C/c1ccccc1)c1nc2ccccc2s1)c1ccccc1. The second-order valence-electron chi connectivity index (χ2n) is 5.65. The summed E-state index contributed by atoms with van der Waals surface area (Å²) in [5.41, 5.74) is 3.20. The zero-order chi connectivity index (χ0) is 17.1. The number of fused-ring (bicyclic) bond motifs is 1. The van der Waals surface area contributed by atoms with Crippen LogP contribution in [0.25, 0.3) is 21.9 Å². The van der Waals surface area contributed by atoms with Crippen LogP contribution in [-0.2, 0) is 0 Å². The van der Waals surface area contributed by atoms with Crippen molar-refractivity contribution in [1.29, 1.82) is 0 Å². The van der Waals surface area contributed by atoms with Crippen molar-refractivity contribution in [3.8, 4) is 0 Å². The van der Waals surface area contributed by atoms with E-state index in [0.29, 0.717) is 11.1 Å². The Labute approximate surface area is 150 Å². The van der Waals surface area contributed by atoms with Crippen LogP contribution >= 0.6 is 11.3 Å². The van der Waals surface area contributed by atoms with Crippen LogP contribution in [-0.4, -0.2) is 10.8 Å². The van der Waals surface area contributed by atoms with Gasteiger partial charge in [-0.25, -0.2) is 4.98 Å². The summed E-state index contributed by atoms with van der Waals surface area (Å²) >= 11 is 1.55. The number of rotatable bonds is 4. The molecule has 3 heteroatoms. The van der Waals surface area contributed by atoms with Gasteiger partial charge in [0.25, 0.3) is 0 Å². The smallest absolute Gasteiger partial charge is 0.196 e. The molecule has 4 aromatic rings. The van der Waals surface area contributed by atoms with E-state index in [-0.39, 0.29) is 5.78 Å². The van der Waals surface area contributed by atoms with Gasteiger partial charge in [0.2, 0.25) is 0 Å². The molecule has 0 bridgehead atoms. The molecule has 1 heterocycles. The van der Waals surface area contributed by atoms with E-state index in [4.69, 9.17) is 0 Å². The highest BCUT2D eigenvalue weighted by Gasteiger charge is 2.18. The summed E-state index contributed by atoms with van der Waals surface area (Å²) in [4.78, 5) is 17.8. The molecule has 0 amide bonds. The van der Waals surface area contributed by atoms with Gasteiger partial charge in [-0.1, -0.05) is 72.8 Å². The average molecular weight is 341 g/mol. The van der Waals surface area contributed by atoms with Gasteiger partial charge in [-0.15, -0.1) is 11.3 Å². The van der Waals surface area contributed by atoms with E-state index in [1.54, 1.807) is 11.3 Å². The van der Waals surface area contributed by atoms with Crippen LogP contribution in [0, 0.1) is 0 Å². The van der Waals surface area contributed by atoms with Crippen LogP contribution in [0.3, 0.4) is 0 Å². The van der Waals surface area contributed by atoms with Crippen molar-refractivity contribution in [3.05, 3.63) is 101 Å². The largest absolute Gasteiger partial charge is 0.288 e. The minimum absolute atomic E-state index is 0.0106. The number of para-hydroxylation sites is 1. The Hall–Kier alpha value is -3.04. The quantitative estimate of drug-likeness (QED) is 0.351. The minimum atomic E-state index is -0.0106. The van der Waals surface area contributed by atoms with Crippen LogP contribution in [0.4, 0.5) is 0 Å². The number of carbonyl (C=O) groups is 1. The fraction of sp³-hybridized carbons (Fsp3) is 0. The van der Waals surface area contributed by atoms with Crippen molar-refractivity contribution >= 4 is 39.0 Å². The Bertz CT molecular complexity index is 1020. The number of hydrogen-bond acceptors (Lipinski definition) is 3. The van der Waals surface area contributed by atoms with E-state index in [1.807, 2.05) is 91.0 Å². The van der Waals surface area contributed by atoms with E-state index in [2.05, 4.69) is 4.98 Å². The number of aromatic nitrogens is 1. The van der Waals surface area contributed by atoms with Gasteiger partial charge in [-0.3, -0.25) is 4.79 Å². The third-order valence-corrected chi connectivity index (χ3v) is 4.99. The topological polar surface area (TPSA) is 30.0 Å². The first-order chi connectivity index (χ1) is 12.3. The fourth-order valence-electron chi connectivity index (χ4n) is 2.67. The number of thiazole rings is 1. The summed E-state index contributed by atoms with van der Waals surface area (Å²) in [5.74, 6) is -0.0106. The van der Waals surface area contributed by atoms with Crippen molar-refractivity contribution < 1.29 is 4.79 Å². The predicted octanol–water partition coefficient (Wildman–Crippen LogP) is 5.72. The summed E-state index contributed by atoms with van der Waals surface area (Å²) in [5, 5.41) is 0.749. The zero-order valence-corrected chi connectivity index (χ0v) is 14.2. The Morgan fingerprint density at radius 1 is 0.800 bits per heavy atom. The maximum atomic E-state index is 13.1. The number of ketones is 1. The maximum Gasteiger partial charge on any atom is 0.196 e. The lowest BCUT2D eigenvalue weighted by Crippen LogP contribution is -2.02. The molecule has 0 N–H and O–H groups in total. The van der Waals surface area contributed by atoms with Crippen LogP contribution in [0.1, 0.15) is 20.9 Å². The summed E-state index contributed by atoms with van der Waals surface area (Å²) in [7, 11) is 0. The fourth-order valence-corrected chi connectivity index (χ4v) is 3.65. The standard InChI is InChI=1S/C22H15NOS/c24-21(17-11-5-2-6-12-17)18(15-16-9-3-1-4-10-16)22-23-19-13-7-8-14-20(19)25-22/h1-15H/b18-15-. The number of nitrogens with zero attached hydrogens (tertiary/aromatic N) is 1. The van der Waals surface area contributed by atoms with Crippen LogP contribution in [0.2, 0.25) is 0 Å².